The van der Waals surface area contributed by atoms with Crippen LogP contribution < -0.4 is 4.72 Å². The lowest BCUT2D eigenvalue weighted by Crippen LogP contribution is -2.18. The molecule has 1 heterocycles. The van der Waals surface area contributed by atoms with E-state index in [4.69, 9.17) is 0 Å². The summed E-state index contributed by atoms with van der Waals surface area (Å²) in [6.45, 7) is 6.28. The maximum absolute atomic E-state index is 11.2. The predicted octanol–water partition coefficient (Wildman–Crippen LogP) is 4.40. The van der Waals surface area contributed by atoms with Gasteiger partial charge in [-0.1, -0.05) is 45.0 Å². The Balaban J connectivity index is 2.13. The number of benzene rings is 2. The zero-order valence-electron chi connectivity index (χ0n) is 13.8. The summed E-state index contributed by atoms with van der Waals surface area (Å²) in [7, 11) is -3.10. The van der Waals surface area contributed by atoms with Gasteiger partial charge in [0.05, 0.1) is 16.5 Å². The van der Waals surface area contributed by atoms with Crippen molar-refractivity contribution >= 4 is 16.7 Å². The van der Waals surface area contributed by atoms with Crippen molar-refractivity contribution in [2.24, 2.45) is 0 Å². The first-order valence-corrected chi connectivity index (χ1v) is 9.17. The van der Waals surface area contributed by atoms with Gasteiger partial charge in [-0.05, 0) is 40.3 Å². The number of carboxylic acids is 1. The second-order valence-electron chi connectivity index (χ2n) is 7.03. The van der Waals surface area contributed by atoms with E-state index in [0.29, 0.717) is 10.5 Å². The van der Waals surface area contributed by atoms with Crippen molar-refractivity contribution in [1.82, 2.24) is 4.72 Å². The highest BCUT2D eigenvalue weighted by Gasteiger charge is 2.36. The van der Waals surface area contributed by atoms with Gasteiger partial charge in [-0.25, -0.2) is 9.52 Å². The minimum atomic E-state index is -3.10. The number of carboxylic acid groups (broad SMARTS) is 1. The molecule has 4 N–H and O–H groups in total. The highest BCUT2D eigenvalue weighted by Crippen LogP contribution is 2.56. The molecule has 2 aromatic carbocycles. The fraction of sp³-hybridized carbons (Fsp3) is 0.278. The van der Waals surface area contributed by atoms with Crippen LogP contribution in [0.5, 0.6) is 0 Å². The number of fused-ring (bicyclic) bond motifs is 1. The smallest absolute Gasteiger partial charge is 0.335 e. The normalized spacial score (nSPS) is 20.5. The Hall–Kier alpha value is -1.86. The van der Waals surface area contributed by atoms with Gasteiger partial charge in [0.15, 0.2) is 0 Å². The molecule has 1 aliphatic heterocycles. The number of carbonyl (C=O) groups is 1. The first kappa shape index (κ1) is 17.0. The fourth-order valence-corrected chi connectivity index (χ4v) is 4.37. The van der Waals surface area contributed by atoms with Crippen molar-refractivity contribution in [3.05, 3.63) is 64.7 Å². The van der Waals surface area contributed by atoms with Crippen molar-refractivity contribution in [3.8, 4) is 0 Å². The molecule has 0 saturated carbocycles. The van der Waals surface area contributed by atoms with Crippen molar-refractivity contribution in [2.75, 3.05) is 0 Å². The molecular formula is C18H21NO4S. The van der Waals surface area contributed by atoms with Crippen molar-refractivity contribution in [2.45, 2.75) is 37.1 Å². The topological polar surface area (TPSA) is 89.8 Å². The number of rotatable bonds is 2. The summed E-state index contributed by atoms with van der Waals surface area (Å²) >= 11 is 0. The first-order valence-electron chi connectivity index (χ1n) is 7.63. The predicted molar refractivity (Wildman–Crippen MR) is 94.6 cm³/mol. The zero-order valence-corrected chi connectivity index (χ0v) is 14.6. The van der Waals surface area contributed by atoms with Crippen molar-refractivity contribution in [3.63, 3.8) is 0 Å². The Labute approximate surface area is 142 Å². The second kappa shape index (κ2) is 5.60. The Morgan fingerprint density at radius 2 is 1.83 bits per heavy atom. The monoisotopic (exact) mass is 347 g/mol. The molecule has 1 atom stereocenters. The molecule has 0 aromatic heterocycles. The van der Waals surface area contributed by atoms with E-state index in [0.717, 1.165) is 11.1 Å². The largest absolute Gasteiger partial charge is 0.478 e. The summed E-state index contributed by atoms with van der Waals surface area (Å²) in [5.74, 6) is -1.01. The Morgan fingerprint density at radius 1 is 1.12 bits per heavy atom. The molecule has 0 radical (unpaired) electrons. The Kier molecular flexibility index (Phi) is 3.96. The standard InChI is InChI=1S/C18H21NO4S/c1-18(2,3)13-7-8-15-14(10-13)16(19-24(15,22)23)11-5-4-6-12(9-11)17(20)21/h4-10,16,19,22-23H,1-3H3,(H,20,21). The van der Waals surface area contributed by atoms with Crippen LogP contribution in [0.25, 0.3) is 0 Å². The molecular weight excluding hydrogens is 326 g/mol. The SMILES string of the molecule is CC(C)(C)c1ccc2c(c1)C(c1cccc(C(=O)O)c1)NS2(O)O. The van der Waals surface area contributed by atoms with Crippen LogP contribution >= 0.6 is 10.8 Å². The molecule has 24 heavy (non-hydrogen) atoms. The molecule has 6 heteroatoms. The lowest BCUT2D eigenvalue weighted by Gasteiger charge is -2.28. The summed E-state index contributed by atoms with van der Waals surface area (Å²) in [4.78, 5) is 11.7. The minimum absolute atomic E-state index is 0.0754. The molecule has 0 aliphatic carbocycles. The van der Waals surface area contributed by atoms with Crippen molar-refractivity contribution in [1.29, 1.82) is 0 Å². The van der Waals surface area contributed by atoms with Crippen LogP contribution in [0.2, 0.25) is 0 Å². The summed E-state index contributed by atoms with van der Waals surface area (Å²) in [6.07, 6.45) is 0. The van der Waals surface area contributed by atoms with E-state index >= 15 is 0 Å². The van der Waals surface area contributed by atoms with Crippen LogP contribution in [0, 0.1) is 0 Å². The molecule has 0 amide bonds. The summed E-state index contributed by atoms with van der Waals surface area (Å²) in [5, 5.41) is 9.19. The van der Waals surface area contributed by atoms with E-state index in [2.05, 4.69) is 25.5 Å². The van der Waals surface area contributed by atoms with E-state index < -0.39 is 22.8 Å². The molecule has 2 aromatic rings. The van der Waals surface area contributed by atoms with Crippen LogP contribution in [0.4, 0.5) is 0 Å². The number of hydrogen-bond donors (Lipinski definition) is 4. The third kappa shape index (κ3) is 2.93. The third-order valence-corrected chi connectivity index (χ3v) is 5.79. The Morgan fingerprint density at radius 3 is 2.46 bits per heavy atom. The van der Waals surface area contributed by atoms with Gasteiger partial charge in [-0.3, -0.25) is 9.11 Å². The molecule has 1 unspecified atom stereocenters. The lowest BCUT2D eigenvalue weighted by atomic mass is 9.85. The van der Waals surface area contributed by atoms with E-state index in [1.165, 1.54) is 6.07 Å². The van der Waals surface area contributed by atoms with Gasteiger partial charge < -0.3 is 5.11 Å². The van der Waals surface area contributed by atoms with Gasteiger partial charge in [-0.2, -0.15) is 0 Å². The summed E-state index contributed by atoms with van der Waals surface area (Å²) in [6, 6.07) is 11.7. The Bertz CT molecular complexity index is 811. The number of nitrogens with one attached hydrogen (secondary N) is 1. The van der Waals surface area contributed by atoms with Crippen LogP contribution in [-0.2, 0) is 5.41 Å². The number of aromatic carboxylic acids is 1. The van der Waals surface area contributed by atoms with Gasteiger partial charge in [0.25, 0.3) is 0 Å². The van der Waals surface area contributed by atoms with Gasteiger partial charge in [-0.15, -0.1) is 10.8 Å². The maximum atomic E-state index is 11.2. The van der Waals surface area contributed by atoms with Gasteiger partial charge >= 0.3 is 5.97 Å². The highest BCUT2D eigenvalue weighted by atomic mass is 32.3. The molecule has 0 spiro atoms. The lowest BCUT2D eigenvalue weighted by molar-refractivity contribution is 0.0696. The average molecular weight is 347 g/mol. The van der Waals surface area contributed by atoms with Crippen LogP contribution in [0.1, 0.15) is 53.9 Å². The fourth-order valence-electron chi connectivity index (χ4n) is 2.89. The van der Waals surface area contributed by atoms with Crippen molar-refractivity contribution < 1.29 is 19.0 Å². The van der Waals surface area contributed by atoms with Crippen LogP contribution in [-0.4, -0.2) is 20.2 Å². The van der Waals surface area contributed by atoms with E-state index in [-0.39, 0.29) is 11.0 Å². The van der Waals surface area contributed by atoms with Gasteiger partial charge in [0.1, 0.15) is 0 Å². The minimum Gasteiger partial charge on any atom is -0.478 e. The summed E-state index contributed by atoms with van der Waals surface area (Å²) in [5.41, 5.74) is 2.66. The average Bonchev–Trinajstić information content (AvgIpc) is 2.78. The highest BCUT2D eigenvalue weighted by molar-refractivity contribution is 8.23. The first-order chi connectivity index (χ1) is 11.1. The quantitative estimate of drug-likeness (QED) is 0.646. The third-order valence-electron chi connectivity index (χ3n) is 4.24. The van der Waals surface area contributed by atoms with Crippen LogP contribution in [0.3, 0.4) is 0 Å². The molecule has 1 aliphatic rings. The van der Waals surface area contributed by atoms with E-state index in [9.17, 15) is 19.0 Å². The molecule has 5 nitrogen and oxygen atoms in total. The van der Waals surface area contributed by atoms with E-state index in [1.807, 2.05) is 12.1 Å². The van der Waals surface area contributed by atoms with Gasteiger partial charge in [0, 0.05) is 0 Å². The van der Waals surface area contributed by atoms with Gasteiger partial charge in [0.2, 0.25) is 0 Å². The zero-order chi connectivity index (χ0) is 17.7. The maximum Gasteiger partial charge on any atom is 0.335 e. The molecule has 0 fully saturated rings. The second-order valence-corrected chi connectivity index (χ2v) is 8.81. The molecule has 128 valence electrons. The molecule has 0 bridgehead atoms. The summed E-state index contributed by atoms with van der Waals surface area (Å²) < 4.78 is 23.6. The molecule has 3 rings (SSSR count). The van der Waals surface area contributed by atoms with Crippen LogP contribution in [0.15, 0.2) is 47.4 Å². The van der Waals surface area contributed by atoms with E-state index in [1.54, 1.807) is 24.3 Å². The number of hydrogen-bond acceptors (Lipinski definition) is 4. The molecule has 0 saturated heterocycles.